The molecule has 0 radical (unpaired) electrons. The van der Waals surface area contributed by atoms with Crippen molar-refractivity contribution in [1.29, 1.82) is 0 Å². The molecule has 0 saturated heterocycles. The SMILES string of the molecule is CNC(=O)c1cccc(-c2ccc(C(=O)NCCc3c(C)[nH]c4c(F)ccc(C)c34)cn2)c1. The van der Waals surface area contributed by atoms with Crippen molar-refractivity contribution in [2.45, 2.75) is 20.3 Å². The summed E-state index contributed by atoms with van der Waals surface area (Å²) >= 11 is 0. The first-order valence-corrected chi connectivity index (χ1v) is 10.7. The third kappa shape index (κ3) is 4.48. The maximum atomic E-state index is 14.1. The summed E-state index contributed by atoms with van der Waals surface area (Å²) < 4.78 is 14.1. The summed E-state index contributed by atoms with van der Waals surface area (Å²) in [4.78, 5) is 32.0. The highest BCUT2D eigenvalue weighted by Gasteiger charge is 2.15. The number of fused-ring (bicyclic) bond motifs is 1. The second-order valence-corrected chi connectivity index (χ2v) is 7.94. The summed E-state index contributed by atoms with van der Waals surface area (Å²) in [5.41, 5.74) is 5.86. The van der Waals surface area contributed by atoms with E-state index in [4.69, 9.17) is 0 Å². The van der Waals surface area contributed by atoms with Crippen LogP contribution in [-0.4, -0.2) is 35.4 Å². The molecule has 3 N–H and O–H groups in total. The van der Waals surface area contributed by atoms with Crippen molar-refractivity contribution in [3.05, 3.63) is 88.5 Å². The number of hydrogen-bond donors (Lipinski definition) is 3. The molecule has 0 unspecified atom stereocenters. The molecule has 2 amide bonds. The normalized spacial score (nSPS) is 10.9. The number of hydrogen-bond acceptors (Lipinski definition) is 3. The molecule has 4 rings (SSSR count). The molecule has 0 aliphatic heterocycles. The Kier molecular flexibility index (Phi) is 6.22. The summed E-state index contributed by atoms with van der Waals surface area (Å²) in [7, 11) is 1.58. The molecule has 4 aromatic rings. The lowest BCUT2D eigenvalue weighted by Crippen LogP contribution is -2.25. The standard InChI is InChI=1S/C26H25FN4O2/c1-15-7-9-21(27)24-23(15)20(16(2)31-24)11-12-29-26(33)19-8-10-22(30-14-19)17-5-4-6-18(13-17)25(32)28-3/h4-10,13-14,31H,11-12H2,1-3H3,(H,28,32)(H,29,33). The molecular weight excluding hydrogens is 419 g/mol. The van der Waals surface area contributed by atoms with Crippen LogP contribution in [-0.2, 0) is 6.42 Å². The minimum atomic E-state index is -0.277. The van der Waals surface area contributed by atoms with Gasteiger partial charge in [0.1, 0.15) is 5.82 Å². The summed E-state index contributed by atoms with van der Waals surface area (Å²) in [5.74, 6) is -0.675. The van der Waals surface area contributed by atoms with Gasteiger partial charge in [0.25, 0.3) is 11.8 Å². The number of carbonyl (C=O) groups is 2. The fourth-order valence-electron chi connectivity index (χ4n) is 4.02. The Bertz CT molecular complexity index is 1340. The van der Waals surface area contributed by atoms with E-state index in [2.05, 4.69) is 20.6 Å². The minimum absolute atomic E-state index is 0.170. The Morgan fingerprint density at radius 1 is 1.03 bits per heavy atom. The Morgan fingerprint density at radius 3 is 2.58 bits per heavy atom. The van der Waals surface area contributed by atoms with Gasteiger partial charge in [0.15, 0.2) is 0 Å². The number of nitrogens with zero attached hydrogens (tertiary/aromatic N) is 1. The zero-order chi connectivity index (χ0) is 23.5. The van der Waals surface area contributed by atoms with Gasteiger partial charge < -0.3 is 15.6 Å². The molecule has 6 nitrogen and oxygen atoms in total. The molecular formula is C26H25FN4O2. The molecule has 7 heteroatoms. The van der Waals surface area contributed by atoms with Gasteiger partial charge in [-0.05, 0) is 61.7 Å². The molecule has 0 spiro atoms. The van der Waals surface area contributed by atoms with Crippen molar-refractivity contribution < 1.29 is 14.0 Å². The van der Waals surface area contributed by atoms with E-state index < -0.39 is 0 Å². The number of nitrogens with one attached hydrogen (secondary N) is 3. The molecule has 33 heavy (non-hydrogen) atoms. The second-order valence-electron chi connectivity index (χ2n) is 7.94. The van der Waals surface area contributed by atoms with Gasteiger partial charge in [-0.3, -0.25) is 14.6 Å². The lowest BCUT2D eigenvalue weighted by molar-refractivity contribution is 0.0949. The van der Waals surface area contributed by atoms with Crippen LogP contribution in [0.3, 0.4) is 0 Å². The molecule has 0 bridgehead atoms. The quantitative estimate of drug-likeness (QED) is 0.414. The van der Waals surface area contributed by atoms with Gasteiger partial charge in [0.2, 0.25) is 0 Å². The number of amides is 2. The van der Waals surface area contributed by atoms with E-state index in [1.54, 1.807) is 43.4 Å². The number of halogens is 1. The maximum Gasteiger partial charge on any atom is 0.252 e. The summed E-state index contributed by atoms with van der Waals surface area (Å²) in [6.45, 7) is 4.28. The van der Waals surface area contributed by atoms with Crippen LogP contribution in [0.25, 0.3) is 22.2 Å². The molecule has 2 aromatic heterocycles. The van der Waals surface area contributed by atoms with Gasteiger partial charge in [-0.15, -0.1) is 0 Å². The Balaban J connectivity index is 1.43. The van der Waals surface area contributed by atoms with Crippen molar-refractivity contribution in [3.63, 3.8) is 0 Å². The first-order valence-electron chi connectivity index (χ1n) is 10.7. The smallest absolute Gasteiger partial charge is 0.252 e. The van der Waals surface area contributed by atoms with Crippen LogP contribution in [0.5, 0.6) is 0 Å². The van der Waals surface area contributed by atoms with E-state index in [1.807, 2.05) is 19.9 Å². The van der Waals surface area contributed by atoms with E-state index in [0.717, 1.165) is 27.8 Å². The third-order valence-corrected chi connectivity index (χ3v) is 5.76. The average Bonchev–Trinajstić information content (AvgIpc) is 3.18. The number of aromatic nitrogens is 2. The van der Waals surface area contributed by atoms with E-state index in [1.165, 1.54) is 12.3 Å². The number of carbonyl (C=O) groups excluding carboxylic acids is 2. The summed E-state index contributed by atoms with van der Waals surface area (Å²) in [6.07, 6.45) is 2.10. The molecule has 0 saturated carbocycles. The fraction of sp³-hybridized carbons (Fsp3) is 0.192. The van der Waals surface area contributed by atoms with Crippen LogP contribution in [0, 0.1) is 19.7 Å². The van der Waals surface area contributed by atoms with E-state index in [0.29, 0.717) is 35.3 Å². The largest absolute Gasteiger partial charge is 0.356 e. The van der Waals surface area contributed by atoms with Gasteiger partial charge in [-0.1, -0.05) is 18.2 Å². The van der Waals surface area contributed by atoms with Crippen LogP contribution in [0.2, 0.25) is 0 Å². The number of rotatable bonds is 6. The predicted molar refractivity (Wildman–Crippen MR) is 127 cm³/mol. The van der Waals surface area contributed by atoms with Gasteiger partial charge in [0, 0.05) is 42.0 Å². The van der Waals surface area contributed by atoms with Gasteiger partial charge in [-0.2, -0.15) is 0 Å². The van der Waals surface area contributed by atoms with E-state index in [-0.39, 0.29) is 17.6 Å². The fourth-order valence-corrected chi connectivity index (χ4v) is 4.02. The molecule has 0 fully saturated rings. The first kappa shape index (κ1) is 22.2. The van der Waals surface area contributed by atoms with E-state index in [9.17, 15) is 14.0 Å². The number of benzene rings is 2. The Morgan fingerprint density at radius 2 is 1.85 bits per heavy atom. The highest BCUT2D eigenvalue weighted by Crippen LogP contribution is 2.28. The molecule has 0 aliphatic rings. The second kappa shape index (κ2) is 9.24. The van der Waals surface area contributed by atoms with Crippen LogP contribution in [0.15, 0.2) is 54.7 Å². The maximum absolute atomic E-state index is 14.1. The van der Waals surface area contributed by atoms with Crippen molar-refractivity contribution in [3.8, 4) is 11.3 Å². The highest BCUT2D eigenvalue weighted by atomic mass is 19.1. The number of aryl methyl sites for hydroxylation is 2. The van der Waals surface area contributed by atoms with Crippen molar-refractivity contribution in [2.24, 2.45) is 0 Å². The monoisotopic (exact) mass is 444 g/mol. The highest BCUT2D eigenvalue weighted by molar-refractivity contribution is 5.96. The van der Waals surface area contributed by atoms with Crippen molar-refractivity contribution >= 4 is 22.7 Å². The van der Waals surface area contributed by atoms with Crippen molar-refractivity contribution in [2.75, 3.05) is 13.6 Å². The molecule has 0 aliphatic carbocycles. The van der Waals surface area contributed by atoms with Crippen LogP contribution < -0.4 is 10.6 Å². The summed E-state index contributed by atoms with van der Waals surface area (Å²) in [5, 5.41) is 6.40. The van der Waals surface area contributed by atoms with Gasteiger partial charge >= 0.3 is 0 Å². The summed E-state index contributed by atoms with van der Waals surface area (Å²) in [6, 6.07) is 13.8. The molecule has 2 heterocycles. The zero-order valence-corrected chi connectivity index (χ0v) is 18.8. The van der Waals surface area contributed by atoms with Crippen LogP contribution in [0.1, 0.15) is 37.5 Å². The topological polar surface area (TPSA) is 86.9 Å². The third-order valence-electron chi connectivity index (χ3n) is 5.76. The van der Waals surface area contributed by atoms with Gasteiger partial charge in [-0.25, -0.2) is 4.39 Å². The lowest BCUT2D eigenvalue weighted by atomic mass is 10.0. The average molecular weight is 445 g/mol. The molecule has 2 aromatic carbocycles. The zero-order valence-electron chi connectivity index (χ0n) is 18.8. The van der Waals surface area contributed by atoms with Crippen LogP contribution >= 0.6 is 0 Å². The minimum Gasteiger partial charge on any atom is -0.356 e. The Labute approximate surface area is 191 Å². The number of H-pyrrole nitrogens is 1. The van der Waals surface area contributed by atoms with Gasteiger partial charge in [0.05, 0.1) is 16.8 Å². The molecule has 168 valence electrons. The van der Waals surface area contributed by atoms with Crippen LogP contribution in [0.4, 0.5) is 4.39 Å². The number of aromatic amines is 1. The first-order chi connectivity index (χ1) is 15.9. The van der Waals surface area contributed by atoms with Crippen molar-refractivity contribution in [1.82, 2.24) is 20.6 Å². The number of pyridine rings is 1. The lowest BCUT2D eigenvalue weighted by Gasteiger charge is -2.08. The molecule has 0 atom stereocenters. The Hall–Kier alpha value is -4.00. The van der Waals surface area contributed by atoms with E-state index >= 15 is 0 Å². The predicted octanol–water partition coefficient (Wildman–Crippen LogP) is 4.32.